The van der Waals surface area contributed by atoms with Gasteiger partial charge in [0.1, 0.15) is 11.4 Å². The normalized spacial score (nSPS) is 21.3. The first-order valence-electron chi connectivity index (χ1n) is 6.96. The van der Waals surface area contributed by atoms with E-state index in [2.05, 4.69) is 10.3 Å². The summed E-state index contributed by atoms with van der Waals surface area (Å²) < 4.78 is 0. The van der Waals surface area contributed by atoms with Crippen LogP contribution in [0.15, 0.2) is 18.2 Å². The highest BCUT2D eigenvalue weighted by Gasteiger charge is 2.51. The summed E-state index contributed by atoms with van der Waals surface area (Å²) in [5.74, 6) is 0.272. The molecule has 0 bridgehead atoms. The quantitative estimate of drug-likeness (QED) is 0.798. The molecule has 6 heteroatoms. The van der Waals surface area contributed by atoms with Crippen molar-refractivity contribution in [2.45, 2.75) is 44.2 Å². The Balaban J connectivity index is 1.80. The van der Waals surface area contributed by atoms with Crippen molar-refractivity contribution in [3.63, 3.8) is 0 Å². The van der Waals surface area contributed by atoms with Crippen molar-refractivity contribution in [1.29, 1.82) is 0 Å². The van der Waals surface area contributed by atoms with Gasteiger partial charge in [0.2, 0.25) is 0 Å². The number of hydrogen-bond donors (Lipinski definition) is 2. The van der Waals surface area contributed by atoms with E-state index >= 15 is 0 Å². The van der Waals surface area contributed by atoms with Gasteiger partial charge in [-0.3, -0.25) is 9.69 Å². The van der Waals surface area contributed by atoms with Gasteiger partial charge in [-0.2, -0.15) is 0 Å². The van der Waals surface area contributed by atoms with Crippen molar-refractivity contribution >= 4 is 17.8 Å². The van der Waals surface area contributed by atoms with Crippen LogP contribution in [0.3, 0.4) is 0 Å². The molecule has 1 aliphatic heterocycles. The van der Waals surface area contributed by atoms with Gasteiger partial charge in [0.25, 0.3) is 5.91 Å². The number of pyridine rings is 1. The number of nitrogens with one attached hydrogen (secondary N) is 1. The molecule has 1 saturated heterocycles. The lowest BCUT2D eigenvalue weighted by atomic mass is 9.82. The van der Waals surface area contributed by atoms with Crippen molar-refractivity contribution in [1.82, 2.24) is 15.2 Å². The average Bonchev–Trinajstić information content (AvgIpc) is 2.64. The van der Waals surface area contributed by atoms with Crippen molar-refractivity contribution in [2.75, 3.05) is 5.73 Å². The molecule has 0 radical (unpaired) electrons. The molecule has 1 saturated carbocycles. The minimum absolute atomic E-state index is 0.119. The zero-order chi connectivity index (χ0) is 14.2. The number of rotatable bonds is 2. The molecular weight excluding hydrogens is 256 g/mol. The largest absolute Gasteiger partial charge is 0.384 e. The first-order chi connectivity index (χ1) is 9.61. The van der Waals surface area contributed by atoms with Crippen LogP contribution in [0.1, 0.15) is 37.8 Å². The second-order valence-electron chi connectivity index (χ2n) is 5.52. The molecule has 1 aliphatic carbocycles. The minimum Gasteiger partial charge on any atom is -0.384 e. The first kappa shape index (κ1) is 12.9. The Kier molecular flexibility index (Phi) is 3.08. The van der Waals surface area contributed by atoms with E-state index in [0.717, 1.165) is 32.1 Å². The number of nitrogen functional groups attached to an aromatic ring is 1. The monoisotopic (exact) mass is 274 g/mol. The van der Waals surface area contributed by atoms with E-state index in [1.165, 1.54) is 4.90 Å². The van der Waals surface area contributed by atoms with Gasteiger partial charge in [-0.1, -0.05) is 25.3 Å². The van der Waals surface area contributed by atoms with E-state index in [1.807, 2.05) is 0 Å². The van der Waals surface area contributed by atoms with Gasteiger partial charge in [0.15, 0.2) is 0 Å². The summed E-state index contributed by atoms with van der Waals surface area (Å²) in [4.78, 5) is 30.0. The van der Waals surface area contributed by atoms with Gasteiger partial charge >= 0.3 is 6.03 Å². The number of imide groups is 1. The second-order valence-corrected chi connectivity index (χ2v) is 5.52. The molecule has 106 valence electrons. The highest BCUT2D eigenvalue weighted by Crippen LogP contribution is 2.34. The first-order valence-corrected chi connectivity index (χ1v) is 6.96. The lowest BCUT2D eigenvalue weighted by molar-refractivity contribution is -0.132. The maximum absolute atomic E-state index is 12.6. The van der Waals surface area contributed by atoms with Crippen LogP contribution in [-0.2, 0) is 11.3 Å². The maximum Gasteiger partial charge on any atom is 0.325 e. The molecule has 6 nitrogen and oxygen atoms in total. The van der Waals surface area contributed by atoms with E-state index in [1.54, 1.807) is 18.2 Å². The fourth-order valence-electron chi connectivity index (χ4n) is 3.06. The highest BCUT2D eigenvalue weighted by molar-refractivity contribution is 6.07. The van der Waals surface area contributed by atoms with Crippen LogP contribution in [0.2, 0.25) is 0 Å². The Bertz CT molecular complexity index is 552. The van der Waals surface area contributed by atoms with Crippen LogP contribution in [-0.4, -0.2) is 27.4 Å². The third-order valence-corrected chi connectivity index (χ3v) is 4.10. The third-order valence-electron chi connectivity index (χ3n) is 4.10. The Morgan fingerprint density at radius 1 is 1.25 bits per heavy atom. The maximum atomic E-state index is 12.6. The van der Waals surface area contributed by atoms with Crippen LogP contribution in [0.4, 0.5) is 10.6 Å². The molecule has 0 aromatic carbocycles. The van der Waals surface area contributed by atoms with Crippen LogP contribution < -0.4 is 11.1 Å². The van der Waals surface area contributed by atoms with Gasteiger partial charge in [0, 0.05) is 0 Å². The number of anilines is 1. The topological polar surface area (TPSA) is 88.3 Å². The lowest BCUT2D eigenvalue weighted by Gasteiger charge is -2.30. The number of nitrogens with two attached hydrogens (primary N) is 1. The van der Waals surface area contributed by atoms with E-state index in [4.69, 9.17) is 5.73 Å². The number of urea groups is 1. The molecule has 2 fully saturated rings. The van der Waals surface area contributed by atoms with E-state index < -0.39 is 5.54 Å². The number of hydrogen-bond acceptors (Lipinski definition) is 4. The molecule has 0 unspecified atom stereocenters. The van der Waals surface area contributed by atoms with Gasteiger partial charge in [-0.25, -0.2) is 9.78 Å². The highest BCUT2D eigenvalue weighted by atomic mass is 16.2. The van der Waals surface area contributed by atoms with Crippen molar-refractivity contribution < 1.29 is 9.59 Å². The second kappa shape index (κ2) is 4.77. The molecule has 3 N–H and O–H groups in total. The molecule has 2 heterocycles. The molecule has 2 aliphatic rings. The number of carbonyl (C=O) groups excluding carboxylic acids is 2. The Morgan fingerprint density at radius 2 is 2.00 bits per heavy atom. The molecule has 1 aromatic rings. The van der Waals surface area contributed by atoms with Crippen LogP contribution in [0.5, 0.6) is 0 Å². The summed E-state index contributed by atoms with van der Waals surface area (Å²) in [6.07, 6.45) is 4.56. The van der Waals surface area contributed by atoms with Gasteiger partial charge in [-0.05, 0) is 25.0 Å². The van der Waals surface area contributed by atoms with Crippen LogP contribution >= 0.6 is 0 Å². The van der Waals surface area contributed by atoms with Gasteiger partial charge in [-0.15, -0.1) is 0 Å². The number of aromatic nitrogens is 1. The SMILES string of the molecule is Nc1cccc(CN2C(=O)NC3(CCCCC3)C2=O)n1. The number of amides is 3. The van der Waals surface area contributed by atoms with Crippen molar-refractivity contribution in [3.8, 4) is 0 Å². The van der Waals surface area contributed by atoms with E-state index in [9.17, 15) is 9.59 Å². The van der Waals surface area contributed by atoms with Crippen molar-refractivity contribution in [3.05, 3.63) is 23.9 Å². The zero-order valence-electron chi connectivity index (χ0n) is 11.3. The molecule has 0 atom stereocenters. The predicted octanol–water partition coefficient (Wildman–Crippen LogP) is 1.42. The molecule has 1 aromatic heterocycles. The van der Waals surface area contributed by atoms with Crippen molar-refractivity contribution in [2.24, 2.45) is 0 Å². The Morgan fingerprint density at radius 3 is 2.70 bits per heavy atom. The average molecular weight is 274 g/mol. The van der Waals surface area contributed by atoms with Crippen LogP contribution in [0, 0.1) is 0 Å². The summed E-state index contributed by atoms with van der Waals surface area (Å²) in [6, 6.07) is 4.90. The molecular formula is C14H18N4O2. The van der Waals surface area contributed by atoms with Gasteiger partial charge < -0.3 is 11.1 Å². The fraction of sp³-hybridized carbons (Fsp3) is 0.500. The minimum atomic E-state index is -0.671. The lowest BCUT2D eigenvalue weighted by Crippen LogP contribution is -2.48. The molecule has 20 heavy (non-hydrogen) atoms. The van der Waals surface area contributed by atoms with Gasteiger partial charge in [0.05, 0.1) is 12.2 Å². The summed E-state index contributed by atoms with van der Waals surface area (Å²) in [7, 11) is 0. The summed E-state index contributed by atoms with van der Waals surface area (Å²) in [6.45, 7) is 0.178. The van der Waals surface area contributed by atoms with E-state index in [-0.39, 0.29) is 18.5 Å². The Hall–Kier alpha value is -2.11. The van der Waals surface area contributed by atoms with E-state index in [0.29, 0.717) is 11.5 Å². The third kappa shape index (κ3) is 2.11. The standard InChI is InChI=1S/C14H18N4O2/c15-11-6-4-5-10(16-11)9-18-12(19)14(17-13(18)20)7-2-1-3-8-14/h4-6H,1-3,7-9H2,(H2,15,16)(H,17,20). The predicted molar refractivity (Wildman–Crippen MR) is 73.5 cm³/mol. The summed E-state index contributed by atoms with van der Waals surface area (Å²) in [5.41, 5.74) is 5.58. The summed E-state index contributed by atoms with van der Waals surface area (Å²) >= 11 is 0. The fourth-order valence-corrected chi connectivity index (χ4v) is 3.06. The molecule has 3 rings (SSSR count). The molecule has 3 amide bonds. The number of carbonyl (C=O) groups is 2. The summed E-state index contributed by atoms with van der Waals surface area (Å²) in [5, 5.41) is 2.88. The zero-order valence-corrected chi connectivity index (χ0v) is 11.3. The number of nitrogens with zero attached hydrogens (tertiary/aromatic N) is 2. The molecule has 1 spiro atoms. The van der Waals surface area contributed by atoms with Crippen LogP contribution in [0.25, 0.3) is 0 Å². The smallest absolute Gasteiger partial charge is 0.325 e. The Labute approximate surface area is 117 Å².